The molecule has 0 amide bonds. The van der Waals surface area contributed by atoms with Crippen molar-refractivity contribution in [3.8, 4) is 0 Å². The van der Waals surface area contributed by atoms with Crippen molar-refractivity contribution in [3.05, 3.63) is 48.4 Å². The summed E-state index contributed by atoms with van der Waals surface area (Å²) < 4.78 is 0. The Morgan fingerprint density at radius 3 is 1.82 bits per heavy atom. The van der Waals surface area contributed by atoms with Crippen LogP contribution in [-0.2, 0) is 26.2 Å². The molecule has 0 aromatic heterocycles. The molecule has 0 N–H and O–H groups in total. The van der Waals surface area contributed by atoms with Crippen LogP contribution in [0.2, 0.25) is 24.2 Å². The molecule has 0 unspecified atom stereocenters. The Balaban J connectivity index is 0.000000234. The van der Waals surface area contributed by atoms with Crippen molar-refractivity contribution in [2.24, 2.45) is 0 Å². The largest absolute Gasteiger partial charge is 4.00 e. The molecule has 1 heterocycles. The fourth-order valence-electron chi connectivity index (χ4n) is 4.17. The maximum atomic E-state index is 3.98. The molecular weight excluding hydrogens is 362 g/mol. The van der Waals surface area contributed by atoms with Crippen LogP contribution in [0.4, 0.5) is 0 Å². The van der Waals surface area contributed by atoms with Gasteiger partial charge in [0.05, 0.1) is 8.07 Å². The van der Waals surface area contributed by atoms with E-state index < -0.39 is 8.07 Å². The molecule has 3 heteroatoms. The molecule has 0 saturated heterocycles. The molecule has 0 aromatic rings. The van der Waals surface area contributed by atoms with Crippen LogP contribution in [0.5, 0.6) is 0 Å². The Hall–Kier alpha value is -0.0100. The molecule has 2 saturated carbocycles. The zero-order chi connectivity index (χ0) is 15.1. The van der Waals surface area contributed by atoms with Gasteiger partial charge in [-0.1, -0.05) is 76.6 Å². The summed E-state index contributed by atoms with van der Waals surface area (Å²) in [5, 5.41) is 3.98. The van der Waals surface area contributed by atoms with Crippen LogP contribution in [0.15, 0.2) is 36.2 Å². The summed E-state index contributed by atoms with van der Waals surface area (Å²) in [6.07, 6.45) is 21.7. The Kier molecular flexibility index (Phi) is 9.09. The van der Waals surface area contributed by atoms with Gasteiger partial charge in [0.25, 0.3) is 0 Å². The minimum absolute atomic E-state index is 0. The van der Waals surface area contributed by atoms with E-state index in [1.165, 1.54) is 36.8 Å². The van der Waals surface area contributed by atoms with Crippen molar-refractivity contribution in [2.45, 2.75) is 75.5 Å². The van der Waals surface area contributed by atoms with E-state index in [4.69, 9.17) is 0 Å². The second-order valence-electron chi connectivity index (χ2n) is 7.24. The molecular formula is C19H31NSiZr+2. The van der Waals surface area contributed by atoms with Crippen molar-refractivity contribution < 1.29 is 26.2 Å². The van der Waals surface area contributed by atoms with Crippen molar-refractivity contribution in [3.63, 3.8) is 0 Å². The smallest absolute Gasteiger partial charge is 0.749 e. The van der Waals surface area contributed by atoms with Gasteiger partial charge in [0.2, 0.25) is 0 Å². The first-order valence-electron chi connectivity index (χ1n) is 8.68. The van der Waals surface area contributed by atoms with Gasteiger partial charge in [0.1, 0.15) is 0 Å². The minimum Gasteiger partial charge on any atom is -0.749 e. The standard InChI is InChI=1S/C12H24Si.C7H7N.Zr/c1-13(2,11-7-3-4-8-11)12-9-5-6-10-12;1-2-7-5-3-4-6-8-7;/h11-12H,3-10H2,1-2H3;2-6H,1H2;/q;-2;+4/b;7-2-;. The van der Waals surface area contributed by atoms with E-state index in [1.807, 2.05) is 18.2 Å². The molecule has 0 atom stereocenters. The predicted octanol–water partition coefficient (Wildman–Crippen LogP) is 6.74. The molecule has 2 fully saturated rings. The maximum absolute atomic E-state index is 3.98. The van der Waals surface area contributed by atoms with Crippen LogP contribution in [0.25, 0.3) is 5.32 Å². The summed E-state index contributed by atoms with van der Waals surface area (Å²) >= 11 is 0. The first kappa shape index (κ1) is 20.0. The van der Waals surface area contributed by atoms with Crippen LogP contribution < -0.4 is 0 Å². The number of rotatable bonds is 2. The van der Waals surface area contributed by atoms with Crippen LogP contribution in [0.1, 0.15) is 51.4 Å². The van der Waals surface area contributed by atoms with Crippen LogP contribution >= 0.6 is 0 Å². The van der Waals surface area contributed by atoms with Gasteiger partial charge in [-0.05, 0) is 11.1 Å². The Morgan fingerprint density at radius 2 is 1.50 bits per heavy atom. The zero-order valence-electron chi connectivity index (χ0n) is 14.4. The molecule has 0 radical (unpaired) electrons. The van der Waals surface area contributed by atoms with E-state index in [-0.39, 0.29) is 26.2 Å². The van der Waals surface area contributed by atoms with Crippen molar-refractivity contribution >= 4 is 8.07 Å². The molecule has 118 valence electrons. The van der Waals surface area contributed by atoms with Crippen LogP contribution in [0, 0.1) is 6.92 Å². The van der Waals surface area contributed by atoms with Crippen molar-refractivity contribution in [1.29, 1.82) is 0 Å². The third kappa shape index (κ3) is 5.57. The summed E-state index contributed by atoms with van der Waals surface area (Å²) in [7, 11) is -0.837. The average molecular weight is 393 g/mol. The minimum atomic E-state index is -0.837. The normalized spacial score (nSPS) is 23.8. The molecule has 1 nitrogen and oxygen atoms in total. The van der Waals surface area contributed by atoms with E-state index in [0.29, 0.717) is 0 Å². The Morgan fingerprint density at radius 1 is 1.00 bits per heavy atom. The number of hydrogen-bond acceptors (Lipinski definition) is 0. The summed E-state index contributed by atoms with van der Waals surface area (Å²) in [6.45, 7) is 8.93. The summed E-state index contributed by atoms with van der Waals surface area (Å²) in [5.74, 6) is 0. The average Bonchev–Trinajstić information content (AvgIpc) is 3.22. The number of hydrogen-bond donors (Lipinski definition) is 0. The SMILES string of the molecule is C[Si](C)(C1CCCC1)C1CCCC1.[CH2-]/C=C1/C=CC=C[N-]1.[Zr+4]. The Labute approximate surface area is 157 Å². The van der Waals surface area contributed by atoms with E-state index >= 15 is 0 Å². The fourth-order valence-corrected chi connectivity index (χ4v) is 8.63. The van der Waals surface area contributed by atoms with Crippen molar-refractivity contribution in [1.82, 2.24) is 0 Å². The summed E-state index contributed by atoms with van der Waals surface area (Å²) in [4.78, 5) is 0. The maximum Gasteiger partial charge on any atom is 4.00 e. The van der Waals surface area contributed by atoms with Gasteiger partial charge in [-0.15, -0.1) is 0 Å². The number of allylic oxidation sites excluding steroid dienone is 4. The van der Waals surface area contributed by atoms with E-state index in [2.05, 4.69) is 25.3 Å². The molecule has 22 heavy (non-hydrogen) atoms. The molecule has 0 spiro atoms. The summed E-state index contributed by atoms with van der Waals surface area (Å²) in [6, 6.07) is 0. The first-order valence-corrected chi connectivity index (χ1v) is 11.8. The van der Waals surface area contributed by atoms with Gasteiger partial charge in [-0.25, -0.2) is 13.0 Å². The Bertz CT molecular complexity index is 382. The van der Waals surface area contributed by atoms with Gasteiger partial charge < -0.3 is 11.0 Å². The molecule has 2 aliphatic carbocycles. The molecule has 0 aromatic carbocycles. The van der Waals surface area contributed by atoms with E-state index in [1.54, 1.807) is 38.0 Å². The summed E-state index contributed by atoms with van der Waals surface area (Å²) in [5.41, 5.74) is 3.30. The van der Waals surface area contributed by atoms with Gasteiger partial charge in [0, 0.05) is 0 Å². The van der Waals surface area contributed by atoms with Crippen LogP contribution in [-0.4, -0.2) is 8.07 Å². The molecule has 0 bridgehead atoms. The second-order valence-corrected chi connectivity index (χ2v) is 12.5. The number of nitrogens with zero attached hydrogens (tertiary/aromatic N) is 1. The predicted molar refractivity (Wildman–Crippen MR) is 97.0 cm³/mol. The molecule has 3 aliphatic rings. The van der Waals surface area contributed by atoms with E-state index in [0.717, 1.165) is 5.70 Å². The van der Waals surface area contributed by atoms with Gasteiger partial charge in [-0.2, -0.15) is 12.3 Å². The van der Waals surface area contributed by atoms with Gasteiger partial charge in [-0.3, -0.25) is 0 Å². The van der Waals surface area contributed by atoms with Crippen LogP contribution in [0.3, 0.4) is 0 Å². The molecule has 3 rings (SSSR count). The zero-order valence-corrected chi connectivity index (χ0v) is 17.8. The second kappa shape index (κ2) is 9.98. The first-order chi connectivity index (χ1) is 10.1. The van der Waals surface area contributed by atoms with Gasteiger partial charge in [0.15, 0.2) is 0 Å². The quantitative estimate of drug-likeness (QED) is 0.365. The monoisotopic (exact) mass is 391 g/mol. The topological polar surface area (TPSA) is 14.1 Å². The third-order valence-electron chi connectivity index (χ3n) is 5.71. The van der Waals surface area contributed by atoms with Crippen molar-refractivity contribution in [2.75, 3.05) is 0 Å². The van der Waals surface area contributed by atoms with Gasteiger partial charge >= 0.3 is 26.2 Å². The molecule has 1 aliphatic heterocycles. The fraction of sp³-hybridized carbons (Fsp3) is 0.632. The third-order valence-corrected chi connectivity index (χ3v) is 11.1. The van der Waals surface area contributed by atoms with E-state index in [9.17, 15) is 0 Å².